The molecule has 0 amide bonds. The van der Waals surface area contributed by atoms with Gasteiger partial charge in [-0.25, -0.2) is 0 Å². The topological polar surface area (TPSA) is 53.4 Å². The molecule has 2 aromatic carbocycles. The van der Waals surface area contributed by atoms with Crippen molar-refractivity contribution in [1.82, 2.24) is 0 Å². The number of carbonyl (C=O) groups is 1. The number of carbonyl (C=O) groups excluding carboxylic acids is 1. The minimum Gasteiger partial charge on any atom is -0.466 e. The molecule has 0 aromatic heterocycles. The predicted octanol–water partition coefficient (Wildman–Crippen LogP) is 4.31. The van der Waals surface area contributed by atoms with Crippen LogP contribution in [-0.2, 0) is 9.53 Å². The fourth-order valence-electron chi connectivity index (χ4n) is 3.54. The van der Waals surface area contributed by atoms with Gasteiger partial charge in [0, 0.05) is 31.3 Å². The zero-order valence-corrected chi connectivity index (χ0v) is 15.7. The fourth-order valence-corrected chi connectivity index (χ4v) is 3.54. The Kier molecular flexibility index (Phi) is 5.40. The van der Waals surface area contributed by atoms with Gasteiger partial charge in [-0.1, -0.05) is 24.3 Å². The number of nitrogens with one attached hydrogen (secondary N) is 1. The van der Waals surface area contributed by atoms with E-state index in [0.29, 0.717) is 12.0 Å². The van der Waals surface area contributed by atoms with Crippen molar-refractivity contribution in [3.8, 4) is 0 Å². The van der Waals surface area contributed by atoms with E-state index in [1.54, 1.807) is 0 Å². The summed E-state index contributed by atoms with van der Waals surface area (Å²) in [4.78, 5) is 15.0. The summed E-state index contributed by atoms with van der Waals surface area (Å²) in [5.74, 6) is 0.0400. The number of rotatable bonds is 4. The lowest BCUT2D eigenvalue weighted by Crippen LogP contribution is -2.35. The Hall–Kier alpha value is -2.62. The van der Waals surface area contributed by atoms with Crippen LogP contribution in [-0.4, -0.2) is 31.9 Å². The zero-order valence-electron chi connectivity index (χ0n) is 15.7. The molecule has 1 N–H and O–H groups in total. The molecule has 1 unspecified atom stereocenters. The summed E-state index contributed by atoms with van der Waals surface area (Å²) < 4.78 is 5.80. The van der Waals surface area contributed by atoms with Crippen molar-refractivity contribution in [1.29, 1.82) is 5.41 Å². The van der Waals surface area contributed by atoms with Gasteiger partial charge in [-0.15, -0.1) is 0 Å². The van der Waals surface area contributed by atoms with Gasteiger partial charge in [0.15, 0.2) is 11.9 Å². The highest BCUT2D eigenvalue weighted by Gasteiger charge is 2.34. The van der Waals surface area contributed by atoms with E-state index in [0.717, 1.165) is 29.7 Å². The number of ketones is 1. The van der Waals surface area contributed by atoms with Gasteiger partial charge >= 0.3 is 0 Å². The third-order valence-corrected chi connectivity index (χ3v) is 5.09. The maximum Gasteiger partial charge on any atom is 0.213 e. The molecule has 0 bridgehead atoms. The SMILES string of the molecule is Cc1ccccc1C1CCC[C@@H](OC(=N)c2ccc(N(C)C)cc2)C1=O. The maximum absolute atomic E-state index is 13.0. The Morgan fingerprint density at radius 1 is 1.08 bits per heavy atom. The van der Waals surface area contributed by atoms with Gasteiger partial charge in [-0.05, 0) is 61.6 Å². The van der Waals surface area contributed by atoms with Crippen LogP contribution < -0.4 is 4.90 Å². The summed E-state index contributed by atoms with van der Waals surface area (Å²) in [7, 11) is 3.95. The van der Waals surface area contributed by atoms with Gasteiger partial charge in [-0.3, -0.25) is 10.2 Å². The lowest BCUT2D eigenvalue weighted by molar-refractivity contribution is -0.130. The average molecular weight is 350 g/mol. The molecule has 4 heteroatoms. The molecule has 2 atom stereocenters. The molecule has 1 saturated carbocycles. The second-order valence-electron chi connectivity index (χ2n) is 7.12. The lowest BCUT2D eigenvalue weighted by atomic mass is 9.80. The molecule has 26 heavy (non-hydrogen) atoms. The van der Waals surface area contributed by atoms with Crippen molar-refractivity contribution >= 4 is 17.4 Å². The van der Waals surface area contributed by atoms with Crippen LogP contribution in [0, 0.1) is 12.3 Å². The molecule has 0 heterocycles. The zero-order chi connectivity index (χ0) is 18.7. The van der Waals surface area contributed by atoms with Crippen molar-refractivity contribution in [3.05, 3.63) is 65.2 Å². The van der Waals surface area contributed by atoms with Gasteiger partial charge < -0.3 is 9.64 Å². The lowest BCUT2D eigenvalue weighted by Gasteiger charge is -2.29. The van der Waals surface area contributed by atoms with Crippen LogP contribution >= 0.6 is 0 Å². The Bertz CT molecular complexity index is 796. The first kappa shape index (κ1) is 18.2. The summed E-state index contributed by atoms with van der Waals surface area (Å²) in [5.41, 5.74) is 3.99. The smallest absolute Gasteiger partial charge is 0.213 e. The highest BCUT2D eigenvalue weighted by molar-refractivity contribution is 5.96. The summed E-state index contributed by atoms with van der Waals surface area (Å²) >= 11 is 0. The average Bonchev–Trinajstić information content (AvgIpc) is 2.64. The molecule has 0 radical (unpaired) electrons. The third kappa shape index (κ3) is 3.79. The van der Waals surface area contributed by atoms with Crippen LogP contribution in [0.3, 0.4) is 0 Å². The summed E-state index contributed by atoms with van der Waals surface area (Å²) in [6, 6.07) is 15.7. The van der Waals surface area contributed by atoms with Crippen molar-refractivity contribution in [3.63, 3.8) is 0 Å². The number of Topliss-reactive ketones (excluding diaryl/α,β-unsaturated/α-hetero) is 1. The number of hydrogen-bond donors (Lipinski definition) is 1. The molecular weight excluding hydrogens is 324 g/mol. The summed E-state index contributed by atoms with van der Waals surface area (Å²) in [5, 5.41) is 8.26. The molecule has 1 fully saturated rings. The van der Waals surface area contributed by atoms with Crippen molar-refractivity contribution in [2.75, 3.05) is 19.0 Å². The normalized spacial score (nSPS) is 19.9. The Morgan fingerprint density at radius 2 is 1.77 bits per heavy atom. The third-order valence-electron chi connectivity index (χ3n) is 5.09. The fraction of sp³-hybridized carbons (Fsp3) is 0.364. The minimum absolute atomic E-state index is 0.0686. The first-order valence-corrected chi connectivity index (χ1v) is 9.09. The van der Waals surface area contributed by atoms with Crippen LogP contribution in [0.4, 0.5) is 5.69 Å². The van der Waals surface area contributed by atoms with E-state index in [1.807, 2.05) is 74.4 Å². The van der Waals surface area contributed by atoms with Crippen LogP contribution in [0.2, 0.25) is 0 Å². The summed E-state index contributed by atoms with van der Waals surface area (Å²) in [6.45, 7) is 2.04. The Morgan fingerprint density at radius 3 is 2.42 bits per heavy atom. The molecule has 4 nitrogen and oxygen atoms in total. The Balaban J connectivity index is 1.72. The largest absolute Gasteiger partial charge is 0.466 e. The molecular formula is C22H26N2O2. The molecule has 0 aliphatic heterocycles. The van der Waals surface area contributed by atoms with E-state index in [4.69, 9.17) is 10.1 Å². The van der Waals surface area contributed by atoms with Gasteiger partial charge in [0.2, 0.25) is 5.90 Å². The number of nitrogens with zero attached hydrogens (tertiary/aromatic N) is 1. The number of anilines is 1. The number of benzene rings is 2. The molecule has 1 aliphatic carbocycles. The van der Waals surface area contributed by atoms with Crippen molar-refractivity contribution in [2.45, 2.75) is 38.2 Å². The maximum atomic E-state index is 13.0. The summed E-state index contributed by atoms with van der Waals surface area (Å²) in [6.07, 6.45) is 1.94. The second-order valence-corrected chi connectivity index (χ2v) is 7.12. The van der Waals surface area contributed by atoms with E-state index in [-0.39, 0.29) is 17.6 Å². The van der Waals surface area contributed by atoms with E-state index in [9.17, 15) is 4.79 Å². The quantitative estimate of drug-likeness (QED) is 0.660. The minimum atomic E-state index is -0.533. The standard InChI is InChI=1S/C22H26N2O2/c1-15-7-4-5-8-18(15)19-9-6-10-20(21(19)25)26-22(23)16-11-13-17(14-12-16)24(2)3/h4-5,7-8,11-14,19-20,23H,6,9-10H2,1-3H3/t19?,20-/m1/s1. The van der Waals surface area contributed by atoms with Gasteiger partial charge in [0.1, 0.15) is 0 Å². The predicted molar refractivity (Wildman–Crippen MR) is 105 cm³/mol. The molecule has 0 spiro atoms. The number of aryl methyl sites for hydroxylation is 1. The van der Waals surface area contributed by atoms with E-state index in [1.165, 1.54) is 0 Å². The number of hydrogen-bond acceptors (Lipinski definition) is 4. The van der Waals surface area contributed by atoms with Crippen LogP contribution in [0.5, 0.6) is 0 Å². The number of ether oxygens (including phenoxy) is 1. The molecule has 3 rings (SSSR count). The van der Waals surface area contributed by atoms with Crippen LogP contribution in [0.1, 0.15) is 41.9 Å². The monoisotopic (exact) mass is 350 g/mol. The van der Waals surface area contributed by atoms with Gasteiger partial charge in [0.25, 0.3) is 0 Å². The van der Waals surface area contributed by atoms with E-state index >= 15 is 0 Å². The van der Waals surface area contributed by atoms with Crippen molar-refractivity contribution < 1.29 is 9.53 Å². The Labute approximate surface area is 155 Å². The van der Waals surface area contributed by atoms with Crippen LogP contribution in [0.15, 0.2) is 48.5 Å². The van der Waals surface area contributed by atoms with E-state index in [2.05, 4.69) is 0 Å². The van der Waals surface area contributed by atoms with Crippen LogP contribution in [0.25, 0.3) is 0 Å². The first-order valence-electron chi connectivity index (χ1n) is 9.09. The molecule has 2 aromatic rings. The molecule has 1 aliphatic rings. The van der Waals surface area contributed by atoms with Gasteiger partial charge in [0.05, 0.1) is 0 Å². The highest BCUT2D eigenvalue weighted by Crippen LogP contribution is 2.33. The van der Waals surface area contributed by atoms with Gasteiger partial charge in [-0.2, -0.15) is 0 Å². The molecule has 0 saturated heterocycles. The second kappa shape index (κ2) is 7.73. The highest BCUT2D eigenvalue weighted by atomic mass is 16.5. The first-order chi connectivity index (χ1) is 12.5. The van der Waals surface area contributed by atoms with E-state index < -0.39 is 6.10 Å². The van der Waals surface area contributed by atoms with Crippen molar-refractivity contribution in [2.24, 2.45) is 0 Å². The molecule has 136 valence electrons.